The SMILES string of the molecule is CCCCCc1nc2c(c(C)c(C)n2C2CCCCC2)c(=O)o1. The summed E-state index contributed by atoms with van der Waals surface area (Å²) >= 11 is 0. The first-order chi connectivity index (χ1) is 11.1. The molecule has 4 heteroatoms. The van der Waals surface area contributed by atoms with Crippen LogP contribution in [0.3, 0.4) is 0 Å². The number of rotatable bonds is 5. The maximum Gasteiger partial charge on any atom is 0.348 e. The molecule has 0 aliphatic heterocycles. The van der Waals surface area contributed by atoms with Crippen molar-refractivity contribution in [2.45, 2.75) is 84.6 Å². The average molecular weight is 316 g/mol. The molecule has 0 radical (unpaired) electrons. The van der Waals surface area contributed by atoms with Gasteiger partial charge >= 0.3 is 5.63 Å². The Morgan fingerprint density at radius 1 is 1.17 bits per heavy atom. The lowest BCUT2D eigenvalue weighted by Crippen LogP contribution is -2.15. The molecule has 0 aromatic carbocycles. The largest absolute Gasteiger partial charge is 0.408 e. The van der Waals surface area contributed by atoms with Gasteiger partial charge in [-0.1, -0.05) is 39.0 Å². The van der Waals surface area contributed by atoms with E-state index < -0.39 is 0 Å². The quantitative estimate of drug-likeness (QED) is 0.741. The lowest BCUT2D eigenvalue weighted by atomic mass is 9.95. The summed E-state index contributed by atoms with van der Waals surface area (Å²) in [5.74, 6) is 0.602. The van der Waals surface area contributed by atoms with Gasteiger partial charge in [-0.3, -0.25) is 0 Å². The average Bonchev–Trinajstić information content (AvgIpc) is 2.80. The van der Waals surface area contributed by atoms with Gasteiger partial charge in [0.05, 0.1) is 0 Å². The Morgan fingerprint density at radius 2 is 1.91 bits per heavy atom. The normalized spacial score (nSPS) is 16.3. The van der Waals surface area contributed by atoms with Gasteiger partial charge in [0, 0.05) is 18.2 Å². The van der Waals surface area contributed by atoms with Crippen LogP contribution in [0, 0.1) is 13.8 Å². The molecule has 3 rings (SSSR count). The third kappa shape index (κ3) is 3.08. The molecular formula is C19H28N2O2. The van der Waals surface area contributed by atoms with Crippen molar-refractivity contribution in [2.75, 3.05) is 0 Å². The molecule has 23 heavy (non-hydrogen) atoms. The first kappa shape index (κ1) is 16.3. The van der Waals surface area contributed by atoms with Crippen LogP contribution >= 0.6 is 0 Å². The number of fused-ring (bicyclic) bond motifs is 1. The Kier molecular flexibility index (Phi) is 4.88. The predicted octanol–water partition coefficient (Wildman–Crippen LogP) is 4.84. The van der Waals surface area contributed by atoms with Gasteiger partial charge in [0.2, 0.25) is 5.89 Å². The second-order valence-electron chi connectivity index (χ2n) is 6.92. The number of nitrogens with zero attached hydrogens (tertiary/aromatic N) is 2. The first-order valence-electron chi connectivity index (χ1n) is 9.14. The van der Waals surface area contributed by atoms with Crippen LogP contribution in [0.25, 0.3) is 11.0 Å². The standard InChI is InChI=1S/C19H28N2O2/c1-4-5-7-12-16-20-18-17(19(22)23-16)13(2)14(3)21(18)15-10-8-6-9-11-15/h15H,4-12H2,1-3H3. The summed E-state index contributed by atoms with van der Waals surface area (Å²) in [6.45, 7) is 6.31. The van der Waals surface area contributed by atoms with Gasteiger partial charge in [0.15, 0.2) is 5.65 Å². The highest BCUT2D eigenvalue weighted by molar-refractivity contribution is 5.80. The molecule has 0 bridgehead atoms. The van der Waals surface area contributed by atoms with E-state index in [1.54, 1.807) is 0 Å². The van der Waals surface area contributed by atoms with Gasteiger partial charge in [0.1, 0.15) is 5.39 Å². The highest BCUT2D eigenvalue weighted by Crippen LogP contribution is 2.34. The Labute approximate surface area is 137 Å². The lowest BCUT2D eigenvalue weighted by Gasteiger charge is -2.25. The molecule has 0 atom stereocenters. The molecule has 1 saturated carbocycles. The summed E-state index contributed by atoms with van der Waals surface area (Å²) in [4.78, 5) is 17.2. The van der Waals surface area contributed by atoms with Crippen molar-refractivity contribution in [3.05, 3.63) is 27.6 Å². The molecule has 2 aromatic rings. The Balaban J connectivity index is 2.07. The molecule has 0 spiro atoms. The highest BCUT2D eigenvalue weighted by atomic mass is 16.4. The molecule has 1 aliphatic rings. The van der Waals surface area contributed by atoms with Crippen molar-refractivity contribution >= 4 is 11.0 Å². The summed E-state index contributed by atoms with van der Waals surface area (Å²) in [5, 5.41) is 0.687. The molecule has 4 nitrogen and oxygen atoms in total. The summed E-state index contributed by atoms with van der Waals surface area (Å²) in [5.41, 5.74) is 2.86. The van der Waals surface area contributed by atoms with Crippen LogP contribution in [0.1, 0.15) is 81.5 Å². The molecule has 2 aromatic heterocycles. The van der Waals surface area contributed by atoms with Crippen molar-refractivity contribution in [1.82, 2.24) is 9.55 Å². The molecule has 0 unspecified atom stereocenters. The van der Waals surface area contributed by atoms with Crippen molar-refractivity contribution < 1.29 is 4.42 Å². The Bertz CT molecular complexity index is 736. The highest BCUT2D eigenvalue weighted by Gasteiger charge is 2.24. The van der Waals surface area contributed by atoms with Crippen LogP contribution in [0.15, 0.2) is 9.21 Å². The lowest BCUT2D eigenvalue weighted by molar-refractivity contribution is 0.353. The molecular weight excluding hydrogens is 288 g/mol. The van der Waals surface area contributed by atoms with Crippen molar-refractivity contribution in [3.8, 4) is 0 Å². The van der Waals surface area contributed by atoms with Crippen LogP contribution in [0.4, 0.5) is 0 Å². The summed E-state index contributed by atoms with van der Waals surface area (Å²) in [6, 6.07) is 0.484. The molecule has 126 valence electrons. The van der Waals surface area contributed by atoms with Crippen LogP contribution < -0.4 is 5.63 Å². The third-order valence-electron chi connectivity index (χ3n) is 5.31. The van der Waals surface area contributed by atoms with Gasteiger partial charge in [-0.25, -0.2) is 4.79 Å². The molecule has 1 fully saturated rings. The van der Waals surface area contributed by atoms with E-state index >= 15 is 0 Å². The van der Waals surface area contributed by atoms with E-state index in [0.29, 0.717) is 17.3 Å². The van der Waals surface area contributed by atoms with Gasteiger partial charge in [-0.15, -0.1) is 0 Å². The molecule has 1 aliphatic carbocycles. The Morgan fingerprint density at radius 3 is 2.61 bits per heavy atom. The van der Waals surface area contributed by atoms with Gasteiger partial charge < -0.3 is 8.98 Å². The zero-order valence-corrected chi connectivity index (χ0v) is 14.7. The fourth-order valence-electron chi connectivity index (χ4n) is 3.88. The zero-order valence-electron chi connectivity index (χ0n) is 14.7. The molecule has 0 saturated heterocycles. The fraction of sp³-hybridized carbons (Fsp3) is 0.684. The molecule has 2 heterocycles. The fourth-order valence-corrected chi connectivity index (χ4v) is 3.88. The van der Waals surface area contributed by atoms with Crippen LogP contribution in [-0.4, -0.2) is 9.55 Å². The van der Waals surface area contributed by atoms with Crippen LogP contribution in [-0.2, 0) is 6.42 Å². The maximum atomic E-state index is 12.5. The monoisotopic (exact) mass is 316 g/mol. The smallest absolute Gasteiger partial charge is 0.348 e. The number of aromatic nitrogens is 2. The minimum absolute atomic E-state index is 0.211. The van der Waals surface area contributed by atoms with E-state index in [0.717, 1.165) is 36.9 Å². The van der Waals surface area contributed by atoms with Crippen LogP contribution in [0.5, 0.6) is 0 Å². The Hall–Kier alpha value is -1.58. The van der Waals surface area contributed by atoms with E-state index in [1.807, 2.05) is 6.92 Å². The van der Waals surface area contributed by atoms with Gasteiger partial charge in [-0.2, -0.15) is 4.98 Å². The number of unbranched alkanes of at least 4 members (excludes halogenated alkanes) is 2. The third-order valence-corrected chi connectivity index (χ3v) is 5.31. The minimum atomic E-state index is -0.211. The topological polar surface area (TPSA) is 48.0 Å². The number of aryl methyl sites for hydroxylation is 2. The summed E-state index contributed by atoms with van der Waals surface area (Å²) < 4.78 is 7.82. The predicted molar refractivity (Wildman–Crippen MR) is 93.1 cm³/mol. The van der Waals surface area contributed by atoms with Crippen molar-refractivity contribution in [2.24, 2.45) is 0 Å². The van der Waals surface area contributed by atoms with E-state index in [2.05, 4.69) is 18.4 Å². The number of hydrogen-bond donors (Lipinski definition) is 0. The van der Waals surface area contributed by atoms with Crippen molar-refractivity contribution in [1.29, 1.82) is 0 Å². The summed E-state index contributed by atoms with van der Waals surface area (Å²) in [6.07, 6.45) is 10.3. The van der Waals surface area contributed by atoms with E-state index in [1.165, 1.54) is 37.8 Å². The maximum absolute atomic E-state index is 12.5. The second kappa shape index (κ2) is 6.90. The van der Waals surface area contributed by atoms with Crippen molar-refractivity contribution in [3.63, 3.8) is 0 Å². The molecule has 0 amide bonds. The molecule has 0 N–H and O–H groups in total. The minimum Gasteiger partial charge on any atom is -0.408 e. The van der Waals surface area contributed by atoms with Crippen LogP contribution in [0.2, 0.25) is 0 Å². The zero-order chi connectivity index (χ0) is 16.4. The first-order valence-corrected chi connectivity index (χ1v) is 9.14. The van der Waals surface area contributed by atoms with Gasteiger partial charge in [-0.05, 0) is 38.7 Å². The van der Waals surface area contributed by atoms with E-state index in [4.69, 9.17) is 9.40 Å². The van der Waals surface area contributed by atoms with E-state index in [9.17, 15) is 4.79 Å². The van der Waals surface area contributed by atoms with E-state index in [-0.39, 0.29) is 5.63 Å². The second-order valence-corrected chi connectivity index (χ2v) is 6.92. The number of hydrogen-bond acceptors (Lipinski definition) is 3. The summed E-state index contributed by atoms with van der Waals surface area (Å²) in [7, 11) is 0. The van der Waals surface area contributed by atoms with Gasteiger partial charge in [0.25, 0.3) is 0 Å².